The predicted molar refractivity (Wildman–Crippen MR) is 155 cm³/mol. The summed E-state index contributed by atoms with van der Waals surface area (Å²) in [6.45, 7) is 2.11. The van der Waals surface area contributed by atoms with Crippen molar-refractivity contribution in [3.05, 3.63) is 45.6 Å². The first-order valence-electron chi connectivity index (χ1n) is 13.7. The standard InChI is InChI=1S/C30H39N3O8/c1-18(34)33-22-11-9-19-16-25(39-2)29(40-3)30(41-4)28(19)20-10-12-23(24(35)17-21(20)22)31-14-7-5-6-8-26(36)32-15-13-27(37)38/h10,12,16-17,22H,5-9,11,13-15H2,1-4H3,(H,31,35)(H,32,36)(H,33,34)(H,37,38). The number of carboxylic acids is 1. The van der Waals surface area contributed by atoms with Crippen LogP contribution >= 0.6 is 0 Å². The van der Waals surface area contributed by atoms with Crippen LogP contribution in [0.5, 0.6) is 17.2 Å². The molecule has 11 heteroatoms. The summed E-state index contributed by atoms with van der Waals surface area (Å²) in [5, 5.41) is 17.4. The van der Waals surface area contributed by atoms with Gasteiger partial charge in [0.05, 0.1) is 39.5 Å². The summed E-state index contributed by atoms with van der Waals surface area (Å²) < 4.78 is 17.0. The molecule has 1 aliphatic rings. The number of benzene rings is 1. The molecule has 0 spiro atoms. The van der Waals surface area contributed by atoms with E-state index in [0.29, 0.717) is 60.7 Å². The fourth-order valence-corrected chi connectivity index (χ4v) is 5.06. The second-order valence-electron chi connectivity index (χ2n) is 9.83. The Morgan fingerprint density at radius 2 is 1.71 bits per heavy atom. The molecule has 1 aliphatic carbocycles. The Morgan fingerprint density at radius 3 is 2.37 bits per heavy atom. The van der Waals surface area contributed by atoms with Gasteiger partial charge in [-0.05, 0) is 60.6 Å². The molecule has 0 fully saturated rings. The minimum atomic E-state index is -0.950. The lowest BCUT2D eigenvalue weighted by Gasteiger charge is -2.19. The average molecular weight is 570 g/mol. The van der Waals surface area contributed by atoms with Crippen LogP contribution in [0.4, 0.5) is 5.69 Å². The van der Waals surface area contributed by atoms with E-state index >= 15 is 0 Å². The molecule has 0 saturated carbocycles. The van der Waals surface area contributed by atoms with E-state index in [1.807, 2.05) is 12.1 Å². The Hall–Kier alpha value is -4.28. The number of hydrogen-bond donors (Lipinski definition) is 4. The molecule has 0 aliphatic heterocycles. The molecule has 1 unspecified atom stereocenters. The van der Waals surface area contributed by atoms with Crippen molar-refractivity contribution in [1.82, 2.24) is 10.6 Å². The minimum Gasteiger partial charge on any atom is -0.493 e. The van der Waals surface area contributed by atoms with Gasteiger partial charge in [0.15, 0.2) is 11.5 Å². The summed E-state index contributed by atoms with van der Waals surface area (Å²) >= 11 is 0. The number of rotatable bonds is 14. The lowest BCUT2D eigenvalue weighted by molar-refractivity contribution is -0.137. The molecule has 1 atom stereocenters. The first kappa shape index (κ1) is 31.3. The highest BCUT2D eigenvalue weighted by Gasteiger charge is 2.29. The van der Waals surface area contributed by atoms with Crippen LogP contribution in [0.1, 0.15) is 62.6 Å². The van der Waals surface area contributed by atoms with E-state index in [4.69, 9.17) is 19.3 Å². The molecule has 0 aromatic heterocycles. The fraction of sp³-hybridized carbons (Fsp3) is 0.467. The van der Waals surface area contributed by atoms with Crippen LogP contribution in [0.3, 0.4) is 0 Å². The van der Waals surface area contributed by atoms with E-state index in [1.165, 1.54) is 6.92 Å². The summed E-state index contributed by atoms with van der Waals surface area (Å²) in [5.74, 6) is 0.159. The maximum atomic E-state index is 13.3. The number of carbonyl (C=O) groups excluding carboxylic acids is 2. The summed E-state index contributed by atoms with van der Waals surface area (Å²) in [6.07, 6.45) is 3.57. The molecule has 222 valence electrons. The van der Waals surface area contributed by atoms with Gasteiger partial charge in [-0.3, -0.25) is 19.2 Å². The Balaban J connectivity index is 1.83. The SMILES string of the molecule is COc1cc2c(c(OC)c1OC)-c1ccc(NCCCCCC(=O)NCCC(=O)O)c(=O)cc1C(NC(C)=O)CC2. The molecule has 11 nitrogen and oxygen atoms in total. The van der Waals surface area contributed by atoms with Crippen LogP contribution in [0.25, 0.3) is 11.1 Å². The van der Waals surface area contributed by atoms with Crippen molar-refractivity contribution in [2.75, 3.05) is 39.7 Å². The van der Waals surface area contributed by atoms with E-state index in [-0.39, 0.29) is 36.3 Å². The van der Waals surface area contributed by atoms with Crippen molar-refractivity contribution >= 4 is 23.5 Å². The van der Waals surface area contributed by atoms with E-state index in [9.17, 15) is 19.2 Å². The molecule has 2 aromatic rings. The van der Waals surface area contributed by atoms with Gasteiger partial charge in [0, 0.05) is 32.0 Å². The number of methoxy groups -OCH3 is 3. The van der Waals surface area contributed by atoms with Crippen LogP contribution in [0.2, 0.25) is 0 Å². The summed E-state index contributed by atoms with van der Waals surface area (Å²) in [7, 11) is 4.66. The lowest BCUT2D eigenvalue weighted by atomic mass is 9.95. The smallest absolute Gasteiger partial charge is 0.305 e. The first-order valence-corrected chi connectivity index (χ1v) is 13.7. The Morgan fingerprint density at radius 1 is 0.951 bits per heavy atom. The van der Waals surface area contributed by atoms with E-state index in [1.54, 1.807) is 33.5 Å². The molecule has 2 aromatic carbocycles. The highest BCUT2D eigenvalue weighted by Crippen LogP contribution is 2.50. The Labute approximate surface area is 239 Å². The van der Waals surface area contributed by atoms with Gasteiger partial charge < -0.3 is 35.3 Å². The van der Waals surface area contributed by atoms with Crippen LogP contribution < -0.4 is 35.6 Å². The fourth-order valence-electron chi connectivity index (χ4n) is 5.06. The van der Waals surface area contributed by atoms with Gasteiger partial charge in [0.1, 0.15) is 0 Å². The zero-order valence-electron chi connectivity index (χ0n) is 24.1. The summed E-state index contributed by atoms with van der Waals surface area (Å²) in [5.41, 5.74) is 3.41. The van der Waals surface area contributed by atoms with Gasteiger partial charge in [-0.25, -0.2) is 0 Å². The molecule has 4 N–H and O–H groups in total. The van der Waals surface area contributed by atoms with E-state index in [0.717, 1.165) is 29.5 Å². The molecule has 0 saturated heterocycles. The highest BCUT2D eigenvalue weighted by atomic mass is 16.5. The van der Waals surface area contributed by atoms with E-state index < -0.39 is 5.97 Å². The second-order valence-corrected chi connectivity index (χ2v) is 9.83. The number of nitrogens with one attached hydrogen (secondary N) is 3. The molecule has 41 heavy (non-hydrogen) atoms. The van der Waals surface area contributed by atoms with Crippen molar-refractivity contribution < 1.29 is 33.7 Å². The van der Waals surface area contributed by atoms with Crippen molar-refractivity contribution in [2.24, 2.45) is 0 Å². The number of fused-ring (bicyclic) bond motifs is 3. The average Bonchev–Trinajstić information content (AvgIpc) is 3.17. The number of ether oxygens (including phenoxy) is 3. The van der Waals surface area contributed by atoms with Gasteiger partial charge in [0.2, 0.25) is 23.0 Å². The molecule has 0 heterocycles. The molecular formula is C30H39N3O8. The number of carbonyl (C=O) groups is 3. The Kier molecular flexibility index (Phi) is 11.4. The number of aryl methyl sites for hydroxylation is 1. The number of unbranched alkanes of at least 4 members (excludes halogenated alkanes) is 2. The van der Waals surface area contributed by atoms with Crippen molar-refractivity contribution in [2.45, 2.75) is 57.9 Å². The monoisotopic (exact) mass is 569 g/mol. The lowest BCUT2D eigenvalue weighted by Crippen LogP contribution is -2.26. The van der Waals surface area contributed by atoms with Crippen molar-refractivity contribution in [3.8, 4) is 28.4 Å². The number of carboxylic acid groups (broad SMARTS) is 1. The van der Waals surface area contributed by atoms with Gasteiger partial charge in [-0.1, -0.05) is 12.5 Å². The third-order valence-corrected chi connectivity index (χ3v) is 6.97. The number of anilines is 1. The van der Waals surface area contributed by atoms with Gasteiger partial charge in [-0.2, -0.15) is 0 Å². The number of amides is 2. The number of hydrogen-bond acceptors (Lipinski definition) is 8. The molecule has 0 bridgehead atoms. The topological polar surface area (TPSA) is 152 Å². The minimum absolute atomic E-state index is 0.100. The first-order chi connectivity index (χ1) is 19.7. The molecule has 0 radical (unpaired) electrons. The van der Waals surface area contributed by atoms with Gasteiger partial charge >= 0.3 is 5.97 Å². The van der Waals surface area contributed by atoms with Crippen LogP contribution in [0.15, 0.2) is 29.1 Å². The second kappa shape index (κ2) is 14.9. The van der Waals surface area contributed by atoms with Crippen LogP contribution in [0, 0.1) is 0 Å². The Bertz CT molecular complexity index is 1330. The maximum absolute atomic E-state index is 13.3. The van der Waals surface area contributed by atoms with E-state index in [2.05, 4.69) is 16.0 Å². The van der Waals surface area contributed by atoms with Crippen molar-refractivity contribution in [3.63, 3.8) is 0 Å². The van der Waals surface area contributed by atoms with Crippen molar-refractivity contribution in [1.29, 1.82) is 0 Å². The molecule has 2 amide bonds. The highest BCUT2D eigenvalue weighted by molar-refractivity contribution is 5.84. The summed E-state index contributed by atoms with van der Waals surface area (Å²) in [6, 6.07) is 6.71. The normalized spacial score (nSPS) is 13.6. The largest absolute Gasteiger partial charge is 0.493 e. The molecule has 3 rings (SSSR count). The third-order valence-electron chi connectivity index (χ3n) is 6.97. The maximum Gasteiger partial charge on any atom is 0.305 e. The molecular weight excluding hydrogens is 530 g/mol. The summed E-state index contributed by atoms with van der Waals surface area (Å²) in [4.78, 5) is 47.8. The predicted octanol–water partition coefficient (Wildman–Crippen LogP) is 3.43. The van der Waals surface area contributed by atoms with Gasteiger partial charge in [0.25, 0.3) is 0 Å². The third kappa shape index (κ3) is 8.12. The zero-order chi connectivity index (χ0) is 29.9. The van der Waals surface area contributed by atoms with Crippen LogP contribution in [-0.2, 0) is 20.8 Å². The zero-order valence-corrected chi connectivity index (χ0v) is 24.1. The quantitative estimate of drug-likeness (QED) is 0.251. The number of aliphatic carboxylic acids is 1. The van der Waals surface area contributed by atoms with Crippen LogP contribution in [-0.4, -0.2) is 57.3 Å². The van der Waals surface area contributed by atoms with Gasteiger partial charge in [-0.15, -0.1) is 0 Å².